The zero-order chi connectivity index (χ0) is 52.0. The summed E-state index contributed by atoms with van der Waals surface area (Å²) < 4.78 is 13.7. The van der Waals surface area contributed by atoms with Gasteiger partial charge in [-0.15, -0.1) is 0 Å². The van der Waals surface area contributed by atoms with E-state index in [1.807, 2.05) is 125 Å². The van der Waals surface area contributed by atoms with Crippen molar-refractivity contribution in [1.82, 2.24) is 19.8 Å². The maximum Gasteiger partial charge on any atom is 0.217 e. The van der Waals surface area contributed by atoms with Gasteiger partial charge in [-0.05, 0) is 133 Å². The molecule has 0 aliphatic carbocycles. The van der Waals surface area contributed by atoms with Crippen LogP contribution >= 0.6 is 31.9 Å². The summed E-state index contributed by atoms with van der Waals surface area (Å²) in [4.78, 5) is 14.0. The Hall–Kier alpha value is -6.50. The van der Waals surface area contributed by atoms with Crippen LogP contribution in [0, 0.1) is 0 Å². The van der Waals surface area contributed by atoms with Crippen LogP contribution in [0.5, 0.6) is 11.8 Å². The molecule has 0 amide bonds. The van der Waals surface area contributed by atoms with E-state index in [2.05, 4.69) is 139 Å². The highest BCUT2D eigenvalue weighted by Gasteiger charge is 2.45. The molecule has 8 nitrogen and oxygen atoms in total. The minimum Gasteiger partial charge on any atom is -0.481 e. The Labute approximate surface area is 451 Å². The first-order valence-corrected chi connectivity index (χ1v) is 26.5. The molecule has 2 aromatic heterocycles. The molecule has 0 aliphatic heterocycles. The largest absolute Gasteiger partial charge is 0.481 e. The Morgan fingerprint density at radius 2 is 0.811 bits per heavy atom. The van der Waals surface area contributed by atoms with Crippen LogP contribution in [0.3, 0.4) is 0 Å². The molecule has 0 radical (unpaired) electrons. The van der Waals surface area contributed by atoms with Gasteiger partial charge >= 0.3 is 0 Å². The molecule has 0 bridgehead atoms. The minimum absolute atomic E-state index is 0.426. The lowest BCUT2D eigenvalue weighted by molar-refractivity contribution is 0.00490. The lowest BCUT2D eigenvalue weighted by Crippen LogP contribution is -2.38. The molecule has 0 aliphatic rings. The number of pyridine rings is 2. The van der Waals surface area contributed by atoms with Gasteiger partial charge in [0.1, 0.15) is 11.2 Å². The van der Waals surface area contributed by atoms with E-state index >= 15 is 0 Å². The van der Waals surface area contributed by atoms with Crippen LogP contribution in [0.25, 0.3) is 43.4 Å². The van der Waals surface area contributed by atoms with Crippen LogP contribution in [0.2, 0.25) is 0 Å². The normalized spacial score (nSPS) is 14.1. The molecule has 2 unspecified atom stereocenters. The van der Waals surface area contributed by atoms with E-state index in [0.29, 0.717) is 37.7 Å². The number of methoxy groups -OCH3 is 2. The molecule has 2 N–H and O–H groups in total. The first-order chi connectivity index (χ1) is 35.8. The van der Waals surface area contributed by atoms with E-state index in [4.69, 9.17) is 19.4 Å². The van der Waals surface area contributed by atoms with Crippen molar-refractivity contribution < 1.29 is 19.7 Å². The first-order valence-electron chi connectivity index (χ1n) is 24.9. The average molecular weight is 1110 g/mol. The highest BCUT2D eigenvalue weighted by atomic mass is 79.9. The Morgan fingerprint density at radius 3 is 1.19 bits per heavy atom. The molecule has 10 rings (SSSR count). The van der Waals surface area contributed by atoms with Gasteiger partial charge in [0.2, 0.25) is 11.8 Å². The average Bonchev–Trinajstić information content (AvgIpc) is 3.42. The Morgan fingerprint density at radius 1 is 0.446 bits per heavy atom. The molecule has 4 atom stereocenters. The number of rotatable bonds is 16. The van der Waals surface area contributed by atoms with Crippen molar-refractivity contribution in [3.63, 3.8) is 0 Å². The van der Waals surface area contributed by atoms with Gasteiger partial charge < -0.3 is 29.5 Å². The van der Waals surface area contributed by atoms with Crippen molar-refractivity contribution in [1.29, 1.82) is 0 Å². The molecule has 10 heteroatoms. The van der Waals surface area contributed by atoms with Crippen molar-refractivity contribution in [2.75, 3.05) is 55.5 Å². The number of hydrogen-bond acceptors (Lipinski definition) is 8. The molecular weight excluding hydrogens is 1050 g/mol. The molecular formula is C64H62Br2N4O4. The van der Waals surface area contributed by atoms with Crippen molar-refractivity contribution in [2.24, 2.45) is 0 Å². The molecule has 0 fully saturated rings. The molecule has 0 spiro atoms. The van der Waals surface area contributed by atoms with Gasteiger partial charge in [0.25, 0.3) is 0 Å². The smallest absolute Gasteiger partial charge is 0.217 e. The van der Waals surface area contributed by atoms with Gasteiger partial charge in [0, 0.05) is 55.8 Å². The molecule has 0 saturated heterocycles. The zero-order valence-corrected chi connectivity index (χ0v) is 45.9. The second-order valence-electron chi connectivity index (χ2n) is 19.5. The third-order valence-corrected chi connectivity index (χ3v) is 15.1. The third kappa shape index (κ3) is 11.0. The number of hydrogen-bond donors (Lipinski definition) is 2. The summed E-state index contributed by atoms with van der Waals surface area (Å²) in [6.07, 6.45) is 1.04. The second kappa shape index (κ2) is 22.9. The number of benzene rings is 8. The zero-order valence-electron chi connectivity index (χ0n) is 42.7. The number of aromatic nitrogens is 2. The Bertz CT molecular complexity index is 3300. The van der Waals surface area contributed by atoms with Crippen LogP contribution in [0.15, 0.2) is 203 Å². The summed E-state index contributed by atoms with van der Waals surface area (Å²) in [5.41, 5.74) is 4.72. The van der Waals surface area contributed by atoms with Gasteiger partial charge in [0.15, 0.2) is 0 Å². The minimum atomic E-state index is -1.25. The summed E-state index contributed by atoms with van der Waals surface area (Å²) >= 11 is 7.21. The maximum atomic E-state index is 13.0. The standard InChI is InChI=1S/2C32H31BrN2O2/c2*1-35(2)19-18-32(36,28-15-9-13-22-10-7-8-14-26(22)28)30(23-11-5-4-6-12-23)27-21-24-20-25(33)16-17-29(24)34-31(27)37-3/h2*4-17,20-21,30,36H,18-19H2,1-3H3/t2*30-,32?/m10/s1. The van der Waals surface area contributed by atoms with Crippen molar-refractivity contribution >= 4 is 75.2 Å². The monoisotopic (exact) mass is 1110 g/mol. The maximum absolute atomic E-state index is 13.0. The van der Waals surface area contributed by atoms with Crippen LogP contribution in [-0.4, -0.2) is 85.5 Å². The number of nitrogens with zero attached hydrogens (tertiary/aromatic N) is 4. The number of halogens is 2. The van der Waals surface area contributed by atoms with Gasteiger partial charge in [-0.25, -0.2) is 9.97 Å². The lowest BCUT2D eigenvalue weighted by Gasteiger charge is -2.39. The van der Waals surface area contributed by atoms with Gasteiger partial charge in [-0.1, -0.05) is 177 Å². The fraction of sp³-hybridized carbons (Fsp3) is 0.219. The molecule has 376 valence electrons. The Balaban J connectivity index is 0.000000182. The summed E-state index contributed by atoms with van der Waals surface area (Å²) in [6, 6.07) is 65.6. The van der Waals surface area contributed by atoms with Crippen LogP contribution in [0.4, 0.5) is 0 Å². The number of ether oxygens (including phenoxy) is 2. The van der Waals surface area contributed by atoms with E-state index in [1.54, 1.807) is 14.2 Å². The van der Waals surface area contributed by atoms with E-state index in [1.165, 1.54) is 0 Å². The van der Waals surface area contributed by atoms with Crippen molar-refractivity contribution in [3.8, 4) is 11.8 Å². The highest BCUT2D eigenvalue weighted by molar-refractivity contribution is 9.10. The summed E-state index contributed by atoms with van der Waals surface area (Å²) in [7, 11) is 11.5. The van der Waals surface area contributed by atoms with E-state index < -0.39 is 23.0 Å². The summed E-state index contributed by atoms with van der Waals surface area (Å²) in [5.74, 6) is 0.190. The molecule has 2 heterocycles. The van der Waals surface area contributed by atoms with Gasteiger partial charge in [-0.2, -0.15) is 0 Å². The molecule has 0 saturated carbocycles. The third-order valence-electron chi connectivity index (χ3n) is 14.2. The molecule has 8 aromatic carbocycles. The fourth-order valence-electron chi connectivity index (χ4n) is 10.6. The van der Waals surface area contributed by atoms with Crippen LogP contribution in [-0.2, 0) is 11.2 Å². The Kier molecular flexibility index (Phi) is 16.2. The van der Waals surface area contributed by atoms with Crippen molar-refractivity contribution in [3.05, 3.63) is 236 Å². The predicted molar refractivity (Wildman–Crippen MR) is 311 cm³/mol. The SMILES string of the molecule is COc1nc2ccc(Br)cc2cc1[C@@H](c1ccccc1)C(O)(CCN(C)C)c1cccc2ccccc12.COc1nc2ccc(Br)cc2cc1[C@H](c1ccccc1)C(O)(CCN(C)C)c1cccc2ccccc12. The molecule has 10 aromatic rings. The van der Waals surface area contributed by atoms with E-state index in [0.717, 1.165) is 85.7 Å². The van der Waals surface area contributed by atoms with Crippen LogP contribution in [0.1, 0.15) is 58.1 Å². The number of aliphatic hydroxyl groups is 2. The van der Waals surface area contributed by atoms with E-state index in [9.17, 15) is 10.2 Å². The summed E-state index contributed by atoms with van der Waals surface area (Å²) in [6.45, 7) is 1.41. The number of fused-ring (bicyclic) bond motifs is 4. The summed E-state index contributed by atoms with van der Waals surface area (Å²) in [5, 5.41) is 32.3. The lowest BCUT2D eigenvalue weighted by atomic mass is 9.70. The van der Waals surface area contributed by atoms with Crippen LogP contribution < -0.4 is 9.47 Å². The second-order valence-corrected chi connectivity index (χ2v) is 21.4. The van der Waals surface area contributed by atoms with E-state index in [-0.39, 0.29) is 0 Å². The fourth-order valence-corrected chi connectivity index (χ4v) is 11.4. The predicted octanol–water partition coefficient (Wildman–Crippen LogP) is 14.3. The quantitative estimate of drug-likeness (QED) is 0.0989. The van der Waals surface area contributed by atoms with Crippen molar-refractivity contribution in [2.45, 2.75) is 35.9 Å². The first kappa shape index (κ1) is 52.4. The molecule has 74 heavy (non-hydrogen) atoms. The van der Waals surface area contributed by atoms with Gasteiger partial charge in [-0.3, -0.25) is 0 Å². The van der Waals surface area contributed by atoms with Gasteiger partial charge in [0.05, 0.1) is 25.3 Å². The topological polar surface area (TPSA) is 91.2 Å². The highest BCUT2D eigenvalue weighted by Crippen LogP contribution is 2.51.